The molecule has 1 saturated heterocycles. The Hall–Kier alpha value is -0.610. The van der Waals surface area contributed by atoms with E-state index < -0.39 is 0 Å². The lowest BCUT2D eigenvalue weighted by atomic mass is 9.90. The van der Waals surface area contributed by atoms with Crippen molar-refractivity contribution in [2.24, 2.45) is 5.73 Å². The second-order valence-corrected chi connectivity index (χ2v) is 5.55. The number of amides is 1. The van der Waals surface area contributed by atoms with Gasteiger partial charge in [-0.3, -0.25) is 4.79 Å². The van der Waals surface area contributed by atoms with Gasteiger partial charge in [0.15, 0.2) is 0 Å². The first-order valence-corrected chi connectivity index (χ1v) is 7.40. The summed E-state index contributed by atoms with van der Waals surface area (Å²) in [7, 11) is 0. The number of carbonyl (C=O) groups excluding carboxylic acids is 1. The van der Waals surface area contributed by atoms with E-state index in [1.54, 1.807) is 0 Å². The van der Waals surface area contributed by atoms with Gasteiger partial charge in [0, 0.05) is 25.2 Å². The maximum atomic E-state index is 12.5. The van der Waals surface area contributed by atoms with Crippen LogP contribution in [0.5, 0.6) is 0 Å². The van der Waals surface area contributed by atoms with E-state index in [1.165, 1.54) is 0 Å². The average Bonchev–Trinajstić information content (AvgIpc) is 2.42. The predicted molar refractivity (Wildman–Crippen MR) is 71.2 cm³/mol. The molecule has 0 radical (unpaired) electrons. The molecule has 0 bridgehead atoms. The first-order chi connectivity index (χ1) is 8.72. The van der Waals surface area contributed by atoms with Crippen LogP contribution in [-0.4, -0.2) is 42.1 Å². The van der Waals surface area contributed by atoms with Crippen LogP contribution in [0.2, 0.25) is 0 Å². The second-order valence-electron chi connectivity index (χ2n) is 5.55. The van der Waals surface area contributed by atoms with Crippen LogP contribution >= 0.6 is 0 Å². The summed E-state index contributed by atoms with van der Waals surface area (Å²) < 4.78 is 5.62. The molecule has 0 aromatic rings. The summed E-state index contributed by atoms with van der Waals surface area (Å²) in [5, 5.41) is 0. The van der Waals surface area contributed by atoms with E-state index in [0.29, 0.717) is 12.1 Å². The topological polar surface area (TPSA) is 55.6 Å². The van der Waals surface area contributed by atoms with E-state index in [0.717, 1.165) is 58.1 Å². The van der Waals surface area contributed by atoms with E-state index >= 15 is 0 Å². The van der Waals surface area contributed by atoms with Crippen LogP contribution < -0.4 is 5.73 Å². The molecule has 104 valence electrons. The largest absolute Gasteiger partial charge is 0.368 e. The number of rotatable bonds is 3. The SMILES string of the molecule is CCN(C(=O)C1CCCCO1)C1CCC(N)CC1. The normalized spacial score (nSPS) is 33.1. The quantitative estimate of drug-likeness (QED) is 0.833. The summed E-state index contributed by atoms with van der Waals surface area (Å²) in [6, 6.07) is 0.716. The predicted octanol–water partition coefficient (Wildman–Crippen LogP) is 1.67. The van der Waals surface area contributed by atoms with Crippen LogP contribution in [0.3, 0.4) is 0 Å². The maximum absolute atomic E-state index is 12.5. The average molecular weight is 254 g/mol. The third-order valence-corrected chi connectivity index (χ3v) is 4.26. The second kappa shape index (κ2) is 6.53. The number of ether oxygens (including phenoxy) is 1. The standard InChI is InChI=1S/C14H26N2O2/c1-2-16(12-8-6-11(15)7-9-12)14(17)13-5-3-4-10-18-13/h11-13H,2-10,15H2,1H3. The molecule has 1 aliphatic carbocycles. The van der Waals surface area contributed by atoms with Crippen LogP contribution in [0.1, 0.15) is 51.9 Å². The van der Waals surface area contributed by atoms with Gasteiger partial charge in [0.25, 0.3) is 5.91 Å². The summed E-state index contributed by atoms with van der Waals surface area (Å²) in [6.07, 6.45) is 7.09. The van der Waals surface area contributed by atoms with Crippen molar-refractivity contribution in [2.75, 3.05) is 13.2 Å². The fourth-order valence-corrected chi connectivity index (χ4v) is 3.13. The zero-order valence-corrected chi connectivity index (χ0v) is 11.4. The number of likely N-dealkylation sites (N-methyl/N-ethyl adjacent to an activating group) is 1. The van der Waals surface area contributed by atoms with Gasteiger partial charge in [0.05, 0.1) is 0 Å². The number of hydrogen-bond acceptors (Lipinski definition) is 3. The lowest BCUT2D eigenvalue weighted by molar-refractivity contribution is -0.149. The monoisotopic (exact) mass is 254 g/mol. The Morgan fingerprint density at radius 1 is 1.22 bits per heavy atom. The minimum absolute atomic E-state index is 0.186. The summed E-state index contributed by atoms with van der Waals surface area (Å²) >= 11 is 0. The molecular formula is C14H26N2O2. The number of hydrogen-bond donors (Lipinski definition) is 1. The highest BCUT2D eigenvalue weighted by Crippen LogP contribution is 2.24. The molecule has 1 amide bonds. The summed E-state index contributed by atoms with van der Waals surface area (Å²) in [5.74, 6) is 0.206. The highest BCUT2D eigenvalue weighted by Gasteiger charge is 2.32. The van der Waals surface area contributed by atoms with Crippen LogP contribution in [0.25, 0.3) is 0 Å². The highest BCUT2D eigenvalue weighted by atomic mass is 16.5. The van der Waals surface area contributed by atoms with Gasteiger partial charge in [0.2, 0.25) is 0 Å². The Labute approximate surface area is 110 Å². The molecule has 18 heavy (non-hydrogen) atoms. The minimum Gasteiger partial charge on any atom is -0.368 e. The lowest BCUT2D eigenvalue weighted by Crippen LogP contribution is -2.49. The molecule has 0 spiro atoms. The molecule has 2 aliphatic rings. The Kier molecular flexibility index (Phi) is 5.01. The Morgan fingerprint density at radius 2 is 1.94 bits per heavy atom. The van der Waals surface area contributed by atoms with Gasteiger partial charge >= 0.3 is 0 Å². The summed E-state index contributed by atoms with van der Waals surface area (Å²) in [6.45, 7) is 3.59. The zero-order valence-electron chi connectivity index (χ0n) is 11.4. The van der Waals surface area contributed by atoms with Gasteiger partial charge in [-0.05, 0) is 51.9 Å². The Balaban J connectivity index is 1.92. The van der Waals surface area contributed by atoms with Crippen molar-refractivity contribution < 1.29 is 9.53 Å². The van der Waals surface area contributed by atoms with E-state index in [9.17, 15) is 4.79 Å². The molecular weight excluding hydrogens is 228 g/mol. The summed E-state index contributed by atoms with van der Waals surface area (Å²) in [5.41, 5.74) is 5.93. The van der Waals surface area contributed by atoms with Crippen LogP contribution in [0.15, 0.2) is 0 Å². The zero-order chi connectivity index (χ0) is 13.0. The molecule has 2 rings (SSSR count). The van der Waals surface area contributed by atoms with Gasteiger partial charge in [-0.2, -0.15) is 0 Å². The number of nitrogens with zero attached hydrogens (tertiary/aromatic N) is 1. The van der Waals surface area contributed by atoms with Gasteiger partial charge in [-0.25, -0.2) is 0 Å². The van der Waals surface area contributed by atoms with Crippen molar-refractivity contribution in [3.63, 3.8) is 0 Å². The van der Waals surface area contributed by atoms with E-state index in [4.69, 9.17) is 10.5 Å². The van der Waals surface area contributed by atoms with Crippen molar-refractivity contribution in [1.29, 1.82) is 0 Å². The molecule has 1 heterocycles. The van der Waals surface area contributed by atoms with Gasteiger partial charge < -0.3 is 15.4 Å². The molecule has 0 aromatic heterocycles. The van der Waals surface area contributed by atoms with Crippen molar-refractivity contribution >= 4 is 5.91 Å². The van der Waals surface area contributed by atoms with Crippen molar-refractivity contribution in [1.82, 2.24) is 4.90 Å². The molecule has 0 aromatic carbocycles. The smallest absolute Gasteiger partial charge is 0.251 e. The van der Waals surface area contributed by atoms with E-state index in [2.05, 4.69) is 6.92 Å². The third-order valence-electron chi connectivity index (χ3n) is 4.26. The molecule has 4 heteroatoms. The first kappa shape index (κ1) is 13.8. The van der Waals surface area contributed by atoms with E-state index in [1.807, 2.05) is 4.90 Å². The van der Waals surface area contributed by atoms with Gasteiger partial charge in [-0.15, -0.1) is 0 Å². The molecule has 1 aliphatic heterocycles. The van der Waals surface area contributed by atoms with Crippen LogP contribution in [0.4, 0.5) is 0 Å². The highest BCUT2D eigenvalue weighted by molar-refractivity contribution is 5.81. The Bertz CT molecular complexity index is 269. The first-order valence-electron chi connectivity index (χ1n) is 7.40. The third kappa shape index (κ3) is 3.23. The lowest BCUT2D eigenvalue weighted by Gasteiger charge is -2.37. The number of nitrogens with two attached hydrogens (primary N) is 1. The van der Waals surface area contributed by atoms with Crippen LogP contribution in [-0.2, 0) is 9.53 Å². The summed E-state index contributed by atoms with van der Waals surface area (Å²) in [4.78, 5) is 14.5. The molecule has 1 saturated carbocycles. The van der Waals surface area contributed by atoms with E-state index in [-0.39, 0.29) is 12.0 Å². The molecule has 4 nitrogen and oxygen atoms in total. The van der Waals surface area contributed by atoms with Gasteiger partial charge in [0.1, 0.15) is 6.10 Å². The van der Waals surface area contributed by atoms with Crippen molar-refractivity contribution in [2.45, 2.75) is 70.1 Å². The van der Waals surface area contributed by atoms with Crippen LogP contribution in [0, 0.1) is 0 Å². The Morgan fingerprint density at radius 3 is 2.50 bits per heavy atom. The van der Waals surface area contributed by atoms with Crippen molar-refractivity contribution in [3.05, 3.63) is 0 Å². The van der Waals surface area contributed by atoms with Gasteiger partial charge in [-0.1, -0.05) is 0 Å². The minimum atomic E-state index is -0.186. The molecule has 2 fully saturated rings. The fourth-order valence-electron chi connectivity index (χ4n) is 3.13. The number of carbonyl (C=O) groups is 1. The maximum Gasteiger partial charge on any atom is 0.251 e. The molecule has 1 atom stereocenters. The molecule has 2 N–H and O–H groups in total. The fraction of sp³-hybridized carbons (Fsp3) is 0.929. The van der Waals surface area contributed by atoms with Crippen molar-refractivity contribution in [3.8, 4) is 0 Å². The molecule has 1 unspecified atom stereocenters.